The zero-order chi connectivity index (χ0) is 20.2. The van der Waals surface area contributed by atoms with Gasteiger partial charge < -0.3 is 9.73 Å². The van der Waals surface area contributed by atoms with E-state index in [1.165, 1.54) is 19.3 Å². The van der Waals surface area contributed by atoms with Crippen LogP contribution < -0.4 is 5.32 Å². The third kappa shape index (κ3) is 3.91. The smallest absolute Gasteiger partial charge is 0.162 e. The number of para-hydroxylation sites is 1. The molecule has 0 bridgehead atoms. The first-order valence-electron chi connectivity index (χ1n) is 10.6. The van der Waals surface area contributed by atoms with Gasteiger partial charge >= 0.3 is 0 Å². The van der Waals surface area contributed by atoms with Crippen molar-refractivity contribution in [1.82, 2.24) is 19.9 Å². The molecule has 3 aromatic heterocycles. The Bertz CT molecular complexity index is 1090. The summed E-state index contributed by atoms with van der Waals surface area (Å²) in [6, 6.07) is 16.2. The van der Waals surface area contributed by atoms with Gasteiger partial charge in [0.25, 0.3) is 0 Å². The molecule has 5 rings (SSSR count). The molecule has 1 unspecified atom stereocenters. The molecule has 4 heterocycles. The van der Waals surface area contributed by atoms with E-state index in [4.69, 9.17) is 14.4 Å². The highest BCUT2D eigenvalue weighted by atomic mass is 16.3. The van der Waals surface area contributed by atoms with Gasteiger partial charge in [0.05, 0.1) is 17.8 Å². The molecule has 1 N–H and O–H groups in total. The molecule has 0 amide bonds. The maximum atomic E-state index is 5.80. The third-order valence-corrected chi connectivity index (χ3v) is 5.71. The van der Waals surface area contributed by atoms with Crippen LogP contribution in [-0.4, -0.2) is 39.5 Å². The van der Waals surface area contributed by atoms with Gasteiger partial charge in [-0.25, -0.2) is 9.97 Å². The summed E-state index contributed by atoms with van der Waals surface area (Å²) in [5.41, 5.74) is 1.88. The van der Waals surface area contributed by atoms with Crippen molar-refractivity contribution in [3.63, 3.8) is 0 Å². The molecule has 1 aromatic carbocycles. The lowest BCUT2D eigenvalue weighted by molar-refractivity contribution is 0.153. The van der Waals surface area contributed by atoms with E-state index in [9.17, 15) is 0 Å². The van der Waals surface area contributed by atoms with E-state index in [1.54, 1.807) is 18.7 Å². The van der Waals surface area contributed by atoms with Crippen LogP contribution in [0.15, 0.2) is 71.6 Å². The standard InChI is InChI=1S/C24H25N5O/c1-4-14-29(15-5-1)21(22-9-6-16-30-22)17-26-24-19-7-2-3-8-20(19)27-23(28-24)18-10-12-25-13-11-18/h2-3,6-13,16,21H,1,4-5,14-15,17H2,(H,26,27,28). The monoisotopic (exact) mass is 399 g/mol. The van der Waals surface area contributed by atoms with Crippen molar-refractivity contribution in [2.45, 2.75) is 25.3 Å². The molecule has 6 nitrogen and oxygen atoms in total. The minimum absolute atomic E-state index is 0.179. The van der Waals surface area contributed by atoms with Crippen LogP contribution in [0, 0.1) is 0 Å². The molecule has 1 aliphatic rings. The molecule has 0 saturated carbocycles. The van der Waals surface area contributed by atoms with Crippen molar-refractivity contribution < 1.29 is 4.42 Å². The number of aromatic nitrogens is 3. The largest absolute Gasteiger partial charge is 0.468 e. The Morgan fingerprint density at radius 3 is 2.57 bits per heavy atom. The average Bonchev–Trinajstić information content (AvgIpc) is 3.35. The summed E-state index contributed by atoms with van der Waals surface area (Å²) in [4.78, 5) is 16.3. The van der Waals surface area contributed by atoms with E-state index in [0.717, 1.165) is 47.7 Å². The molecule has 1 aliphatic heterocycles. The maximum Gasteiger partial charge on any atom is 0.162 e. The molecule has 30 heavy (non-hydrogen) atoms. The second-order valence-electron chi connectivity index (χ2n) is 7.66. The molecule has 1 saturated heterocycles. The second-order valence-corrected chi connectivity index (χ2v) is 7.66. The first-order valence-corrected chi connectivity index (χ1v) is 10.6. The molecular weight excluding hydrogens is 374 g/mol. The Morgan fingerprint density at radius 1 is 0.933 bits per heavy atom. The molecule has 152 valence electrons. The van der Waals surface area contributed by atoms with Crippen LogP contribution in [0.1, 0.15) is 31.1 Å². The number of piperidine rings is 1. The fourth-order valence-electron chi connectivity index (χ4n) is 4.16. The number of hydrogen-bond donors (Lipinski definition) is 1. The number of fused-ring (bicyclic) bond motifs is 1. The number of benzene rings is 1. The van der Waals surface area contributed by atoms with Gasteiger partial charge in [-0.1, -0.05) is 18.6 Å². The molecule has 0 spiro atoms. The van der Waals surface area contributed by atoms with Gasteiger partial charge in [0.1, 0.15) is 11.6 Å². The van der Waals surface area contributed by atoms with Crippen molar-refractivity contribution in [1.29, 1.82) is 0 Å². The lowest BCUT2D eigenvalue weighted by atomic mass is 10.1. The van der Waals surface area contributed by atoms with Gasteiger partial charge in [0.15, 0.2) is 5.82 Å². The van der Waals surface area contributed by atoms with Crippen LogP contribution in [0.3, 0.4) is 0 Å². The number of furan rings is 1. The molecule has 6 heteroatoms. The summed E-state index contributed by atoms with van der Waals surface area (Å²) in [6.07, 6.45) is 9.07. The quantitative estimate of drug-likeness (QED) is 0.496. The van der Waals surface area contributed by atoms with Crippen molar-refractivity contribution in [3.8, 4) is 11.4 Å². The number of rotatable bonds is 6. The number of hydrogen-bond acceptors (Lipinski definition) is 6. The number of anilines is 1. The lowest BCUT2D eigenvalue weighted by Gasteiger charge is -2.33. The maximum absolute atomic E-state index is 5.80. The normalized spacial score (nSPS) is 15.9. The first-order chi connectivity index (χ1) is 14.9. The summed E-state index contributed by atoms with van der Waals surface area (Å²) in [5.74, 6) is 2.55. The van der Waals surface area contributed by atoms with Crippen LogP contribution in [0.4, 0.5) is 5.82 Å². The fraction of sp³-hybridized carbons (Fsp3) is 0.292. The third-order valence-electron chi connectivity index (χ3n) is 5.71. The summed E-state index contributed by atoms with van der Waals surface area (Å²) < 4.78 is 5.80. The molecular formula is C24H25N5O. The highest BCUT2D eigenvalue weighted by Gasteiger charge is 2.24. The number of likely N-dealkylation sites (tertiary alicyclic amines) is 1. The van der Waals surface area contributed by atoms with Crippen LogP contribution in [-0.2, 0) is 0 Å². The minimum atomic E-state index is 0.179. The Kier molecular flexibility index (Phi) is 5.40. The average molecular weight is 399 g/mol. The van der Waals surface area contributed by atoms with Gasteiger partial charge in [-0.15, -0.1) is 0 Å². The molecule has 1 fully saturated rings. The van der Waals surface area contributed by atoms with Crippen molar-refractivity contribution in [2.24, 2.45) is 0 Å². The Hall–Kier alpha value is -3.25. The van der Waals surface area contributed by atoms with E-state index < -0.39 is 0 Å². The predicted octanol–water partition coefficient (Wildman–Crippen LogP) is 4.92. The van der Waals surface area contributed by atoms with Gasteiger partial charge in [-0.3, -0.25) is 9.88 Å². The number of nitrogens with one attached hydrogen (secondary N) is 1. The molecule has 4 aromatic rings. The van der Waals surface area contributed by atoms with E-state index in [-0.39, 0.29) is 6.04 Å². The van der Waals surface area contributed by atoms with Crippen LogP contribution in [0.25, 0.3) is 22.3 Å². The van der Waals surface area contributed by atoms with Gasteiger partial charge in [-0.2, -0.15) is 0 Å². The zero-order valence-corrected chi connectivity index (χ0v) is 16.9. The van der Waals surface area contributed by atoms with Gasteiger partial charge in [0, 0.05) is 29.9 Å². The SMILES string of the molecule is c1coc(C(CNc2nc(-c3ccncc3)nc3ccccc23)N2CCCCC2)c1. The number of nitrogens with zero attached hydrogens (tertiary/aromatic N) is 4. The van der Waals surface area contributed by atoms with Crippen LogP contribution in [0.5, 0.6) is 0 Å². The Balaban J connectivity index is 1.47. The van der Waals surface area contributed by atoms with Crippen molar-refractivity contribution in [3.05, 3.63) is 72.9 Å². The van der Waals surface area contributed by atoms with E-state index in [1.807, 2.05) is 36.4 Å². The highest BCUT2D eigenvalue weighted by molar-refractivity contribution is 5.90. The number of pyridine rings is 1. The summed E-state index contributed by atoms with van der Waals surface area (Å²) in [7, 11) is 0. The van der Waals surface area contributed by atoms with Gasteiger partial charge in [0.2, 0.25) is 0 Å². The summed E-state index contributed by atoms with van der Waals surface area (Å²) in [6.45, 7) is 2.92. The topological polar surface area (TPSA) is 67.1 Å². The summed E-state index contributed by atoms with van der Waals surface area (Å²) >= 11 is 0. The van der Waals surface area contributed by atoms with Gasteiger partial charge in [-0.05, 0) is 62.3 Å². The fourth-order valence-corrected chi connectivity index (χ4v) is 4.16. The molecule has 0 aliphatic carbocycles. The lowest BCUT2D eigenvalue weighted by Crippen LogP contribution is -2.37. The van der Waals surface area contributed by atoms with E-state index in [2.05, 4.69) is 27.3 Å². The van der Waals surface area contributed by atoms with Crippen molar-refractivity contribution in [2.75, 3.05) is 25.0 Å². The molecule has 0 radical (unpaired) electrons. The van der Waals surface area contributed by atoms with Crippen molar-refractivity contribution >= 4 is 16.7 Å². The first kappa shape index (κ1) is 18.8. The van der Waals surface area contributed by atoms with Crippen LogP contribution in [0.2, 0.25) is 0 Å². The summed E-state index contributed by atoms with van der Waals surface area (Å²) in [5, 5.41) is 4.64. The predicted molar refractivity (Wildman–Crippen MR) is 118 cm³/mol. The molecule has 1 atom stereocenters. The highest BCUT2D eigenvalue weighted by Crippen LogP contribution is 2.28. The second kappa shape index (κ2) is 8.63. The minimum Gasteiger partial charge on any atom is -0.468 e. The Morgan fingerprint density at radius 2 is 1.77 bits per heavy atom. The zero-order valence-electron chi connectivity index (χ0n) is 16.9. The van der Waals surface area contributed by atoms with Crippen LogP contribution >= 0.6 is 0 Å². The Labute approximate surface area is 176 Å². The van der Waals surface area contributed by atoms with E-state index in [0.29, 0.717) is 5.82 Å². The van der Waals surface area contributed by atoms with E-state index >= 15 is 0 Å².